The van der Waals surface area contributed by atoms with Gasteiger partial charge in [-0.15, -0.1) is 0 Å². The summed E-state index contributed by atoms with van der Waals surface area (Å²) in [4.78, 5) is 0. The summed E-state index contributed by atoms with van der Waals surface area (Å²) in [7, 11) is 1.74. The third-order valence-corrected chi connectivity index (χ3v) is 3.93. The van der Waals surface area contributed by atoms with E-state index in [1.54, 1.807) is 7.11 Å². The number of ether oxygens (including phenoxy) is 1. The molecule has 1 heterocycles. The fourth-order valence-corrected chi connectivity index (χ4v) is 2.82. The first-order chi connectivity index (χ1) is 8.30. The molecule has 2 nitrogen and oxygen atoms in total. The molecular formula is C15H23NO. The molecule has 1 saturated heterocycles. The van der Waals surface area contributed by atoms with Gasteiger partial charge in [-0.1, -0.05) is 31.9 Å². The van der Waals surface area contributed by atoms with E-state index in [0.717, 1.165) is 18.8 Å². The second kappa shape index (κ2) is 5.54. The lowest BCUT2D eigenvalue weighted by Crippen LogP contribution is -2.28. The summed E-state index contributed by atoms with van der Waals surface area (Å²) in [6.45, 7) is 4.52. The molecule has 17 heavy (non-hydrogen) atoms. The molecule has 1 N–H and O–H groups in total. The quantitative estimate of drug-likeness (QED) is 0.843. The molecule has 1 fully saturated rings. The molecule has 0 spiro atoms. The van der Waals surface area contributed by atoms with Gasteiger partial charge in [-0.2, -0.15) is 0 Å². The van der Waals surface area contributed by atoms with Crippen LogP contribution < -0.4 is 10.1 Å². The molecule has 0 saturated carbocycles. The normalized spacial score (nSPS) is 23.9. The monoisotopic (exact) mass is 233 g/mol. The predicted octanol–water partition coefficient (Wildman–Crippen LogP) is 3.12. The van der Waals surface area contributed by atoms with E-state index in [2.05, 4.69) is 30.4 Å². The van der Waals surface area contributed by atoms with Crippen LogP contribution in [0.3, 0.4) is 0 Å². The van der Waals surface area contributed by atoms with Crippen molar-refractivity contribution in [2.45, 2.75) is 38.0 Å². The lowest BCUT2D eigenvalue weighted by Gasteiger charge is -2.29. The van der Waals surface area contributed by atoms with Crippen molar-refractivity contribution in [3.05, 3.63) is 29.8 Å². The van der Waals surface area contributed by atoms with Crippen LogP contribution in [-0.4, -0.2) is 20.2 Å². The Morgan fingerprint density at radius 1 is 1.41 bits per heavy atom. The van der Waals surface area contributed by atoms with E-state index in [4.69, 9.17) is 4.74 Å². The van der Waals surface area contributed by atoms with E-state index in [0.29, 0.717) is 5.41 Å². The first-order valence-electron chi connectivity index (χ1n) is 6.66. The summed E-state index contributed by atoms with van der Waals surface area (Å²) in [5, 5.41) is 3.52. The molecule has 0 unspecified atom stereocenters. The SMILES string of the molecule is CCCC[C@@]1(c2cccc(OC)c2)CCNC1. The molecule has 0 amide bonds. The van der Waals surface area contributed by atoms with Crippen LogP contribution in [0.4, 0.5) is 0 Å². The molecule has 1 aliphatic rings. The Bertz CT molecular complexity index is 356. The predicted molar refractivity (Wildman–Crippen MR) is 71.7 cm³/mol. The molecule has 1 aromatic rings. The summed E-state index contributed by atoms with van der Waals surface area (Å²) >= 11 is 0. The molecule has 2 rings (SSSR count). The minimum Gasteiger partial charge on any atom is -0.497 e. The van der Waals surface area contributed by atoms with Gasteiger partial charge in [-0.25, -0.2) is 0 Å². The largest absolute Gasteiger partial charge is 0.497 e. The van der Waals surface area contributed by atoms with Gasteiger partial charge in [0.1, 0.15) is 5.75 Å². The lowest BCUT2D eigenvalue weighted by molar-refractivity contribution is 0.398. The van der Waals surface area contributed by atoms with Gasteiger partial charge in [0.25, 0.3) is 0 Å². The van der Waals surface area contributed by atoms with Crippen LogP contribution in [0.1, 0.15) is 38.2 Å². The highest BCUT2D eigenvalue weighted by Crippen LogP contribution is 2.37. The highest BCUT2D eigenvalue weighted by atomic mass is 16.5. The van der Waals surface area contributed by atoms with Gasteiger partial charge in [0.05, 0.1) is 7.11 Å². The molecular weight excluding hydrogens is 210 g/mol. The molecule has 0 aromatic heterocycles. The highest BCUT2D eigenvalue weighted by Gasteiger charge is 2.34. The number of hydrogen-bond acceptors (Lipinski definition) is 2. The number of methoxy groups -OCH3 is 1. The lowest BCUT2D eigenvalue weighted by atomic mass is 9.75. The number of nitrogens with one attached hydrogen (secondary N) is 1. The summed E-state index contributed by atoms with van der Waals surface area (Å²) in [6.07, 6.45) is 5.11. The summed E-state index contributed by atoms with van der Waals surface area (Å²) in [5.74, 6) is 0.977. The number of unbranched alkanes of at least 4 members (excludes halogenated alkanes) is 1. The molecule has 1 aromatic carbocycles. The first-order valence-corrected chi connectivity index (χ1v) is 6.66. The van der Waals surface area contributed by atoms with Crippen molar-refractivity contribution >= 4 is 0 Å². The smallest absolute Gasteiger partial charge is 0.119 e. The minimum atomic E-state index is 0.338. The minimum absolute atomic E-state index is 0.338. The number of hydrogen-bond donors (Lipinski definition) is 1. The Morgan fingerprint density at radius 3 is 2.94 bits per heavy atom. The van der Waals surface area contributed by atoms with E-state index in [1.165, 1.54) is 31.2 Å². The molecule has 0 bridgehead atoms. The maximum Gasteiger partial charge on any atom is 0.119 e. The Balaban J connectivity index is 2.25. The van der Waals surface area contributed by atoms with E-state index >= 15 is 0 Å². The van der Waals surface area contributed by atoms with E-state index in [9.17, 15) is 0 Å². The molecule has 1 atom stereocenters. The molecule has 0 radical (unpaired) electrons. The van der Waals surface area contributed by atoms with Gasteiger partial charge >= 0.3 is 0 Å². The van der Waals surface area contributed by atoms with Crippen molar-refractivity contribution in [2.24, 2.45) is 0 Å². The number of benzene rings is 1. The van der Waals surface area contributed by atoms with Crippen molar-refractivity contribution in [1.29, 1.82) is 0 Å². The van der Waals surface area contributed by atoms with Crippen LogP contribution >= 0.6 is 0 Å². The summed E-state index contributed by atoms with van der Waals surface area (Å²) in [6, 6.07) is 8.60. The third-order valence-electron chi connectivity index (χ3n) is 3.93. The fraction of sp³-hybridized carbons (Fsp3) is 0.600. The first kappa shape index (κ1) is 12.4. The average Bonchev–Trinajstić information content (AvgIpc) is 2.86. The van der Waals surface area contributed by atoms with E-state index in [-0.39, 0.29) is 0 Å². The van der Waals surface area contributed by atoms with Crippen LogP contribution in [0.2, 0.25) is 0 Å². The Morgan fingerprint density at radius 2 is 2.29 bits per heavy atom. The zero-order valence-electron chi connectivity index (χ0n) is 11.0. The van der Waals surface area contributed by atoms with E-state index in [1.807, 2.05) is 6.07 Å². The van der Waals surface area contributed by atoms with Gasteiger partial charge in [-0.3, -0.25) is 0 Å². The fourth-order valence-electron chi connectivity index (χ4n) is 2.82. The maximum atomic E-state index is 5.34. The third kappa shape index (κ3) is 2.63. The van der Waals surface area contributed by atoms with Gasteiger partial charge in [0.15, 0.2) is 0 Å². The average molecular weight is 233 g/mol. The van der Waals surface area contributed by atoms with Crippen LogP contribution in [-0.2, 0) is 5.41 Å². The molecule has 2 heteroatoms. The Kier molecular flexibility index (Phi) is 4.06. The zero-order chi connectivity index (χ0) is 12.1. The van der Waals surface area contributed by atoms with Crippen molar-refractivity contribution in [2.75, 3.05) is 20.2 Å². The summed E-state index contributed by atoms with van der Waals surface area (Å²) in [5.41, 5.74) is 1.78. The molecule has 1 aliphatic heterocycles. The van der Waals surface area contributed by atoms with Crippen molar-refractivity contribution in [1.82, 2.24) is 5.32 Å². The van der Waals surface area contributed by atoms with Crippen molar-refractivity contribution in [3.8, 4) is 5.75 Å². The second-order valence-corrected chi connectivity index (χ2v) is 5.04. The van der Waals surface area contributed by atoms with Crippen LogP contribution in [0.25, 0.3) is 0 Å². The van der Waals surface area contributed by atoms with Crippen molar-refractivity contribution in [3.63, 3.8) is 0 Å². The van der Waals surface area contributed by atoms with E-state index < -0.39 is 0 Å². The van der Waals surface area contributed by atoms with Crippen molar-refractivity contribution < 1.29 is 4.74 Å². The Hall–Kier alpha value is -1.02. The molecule has 94 valence electrons. The zero-order valence-corrected chi connectivity index (χ0v) is 11.0. The standard InChI is InChI=1S/C15H23NO/c1-3-4-8-15(9-10-16-12-15)13-6-5-7-14(11-13)17-2/h5-7,11,16H,3-4,8-10,12H2,1-2H3/t15-/m1/s1. The Labute approximate surface area is 104 Å². The van der Waals surface area contributed by atoms with Crippen LogP contribution in [0, 0.1) is 0 Å². The van der Waals surface area contributed by atoms with Gasteiger partial charge in [-0.05, 0) is 37.1 Å². The van der Waals surface area contributed by atoms with Gasteiger partial charge in [0.2, 0.25) is 0 Å². The van der Waals surface area contributed by atoms with Gasteiger partial charge < -0.3 is 10.1 Å². The van der Waals surface area contributed by atoms with Gasteiger partial charge in [0, 0.05) is 12.0 Å². The topological polar surface area (TPSA) is 21.3 Å². The van der Waals surface area contributed by atoms with Crippen LogP contribution in [0.5, 0.6) is 5.75 Å². The highest BCUT2D eigenvalue weighted by molar-refractivity contribution is 5.35. The number of rotatable bonds is 5. The molecule has 0 aliphatic carbocycles. The second-order valence-electron chi connectivity index (χ2n) is 5.04. The van der Waals surface area contributed by atoms with Crippen LogP contribution in [0.15, 0.2) is 24.3 Å². The maximum absolute atomic E-state index is 5.34. The summed E-state index contributed by atoms with van der Waals surface area (Å²) < 4.78 is 5.34.